The normalized spacial score (nSPS) is 12.1. The van der Waals surface area contributed by atoms with Crippen LogP contribution in [0.25, 0.3) is 0 Å². The van der Waals surface area contributed by atoms with Crippen LogP contribution < -0.4 is 5.32 Å². The van der Waals surface area contributed by atoms with E-state index in [1.165, 1.54) is 0 Å². The molecule has 2 rings (SSSR count). The Hall–Kier alpha value is -2.34. The fourth-order valence-electron chi connectivity index (χ4n) is 2.42. The maximum Gasteiger partial charge on any atom is 0.224 e. The summed E-state index contributed by atoms with van der Waals surface area (Å²) in [6.45, 7) is 3.21. The predicted molar refractivity (Wildman–Crippen MR) is 83.9 cm³/mol. The lowest BCUT2D eigenvalue weighted by atomic mass is 10.0. The van der Waals surface area contributed by atoms with E-state index in [-0.39, 0.29) is 12.0 Å². The van der Waals surface area contributed by atoms with Crippen molar-refractivity contribution in [3.05, 3.63) is 70.0 Å². The van der Waals surface area contributed by atoms with Crippen molar-refractivity contribution in [2.75, 3.05) is 6.61 Å². The van der Waals surface area contributed by atoms with Crippen molar-refractivity contribution in [2.45, 2.75) is 26.3 Å². The van der Waals surface area contributed by atoms with Crippen LogP contribution in [0.4, 0.5) is 13.2 Å². The van der Waals surface area contributed by atoms with Gasteiger partial charge >= 0.3 is 0 Å². The van der Waals surface area contributed by atoms with Gasteiger partial charge in [-0.05, 0) is 42.7 Å². The first-order valence-electron chi connectivity index (χ1n) is 7.42. The Morgan fingerprint density at radius 1 is 1.12 bits per heavy atom. The van der Waals surface area contributed by atoms with Crippen molar-refractivity contribution >= 4 is 5.91 Å². The highest BCUT2D eigenvalue weighted by Gasteiger charge is 2.19. The molecule has 0 aromatic heterocycles. The van der Waals surface area contributed by atoms with Crippen molar-refractivity contribution in [3.8, 4) is 0 Å². The smallest absolute Gasteiger partial charge is 0.224 e. The Morgan fingerprint density at radius 2 is 1.75 bits per heavy atom. The monoisotopic (exact) mass is 337 g/mol. The first-order chi connectivity index (χ1) is 11.3. The first kappa shape index (κ1) is 18.0. The largest absolute Gasteiger partial charge is 0.394 e. The van der Waals surface area contributed by atoms with E-state index < -0.39 is 36.0 Å². The van der Waals surface area contributed by atoms with Crippen LogP contribution >= 0.6 is 0 Å². The third kappa shape index (κ3) is 4.14. The number of hydrogen-bond acceptors (Lipinski definition) is 2. The minimum atomic E-state index is -1.59. The second kappa shape index (κ2) is 7.49. The lowest BCUT2D eigenvalue weighted by Crippen LogP contribution is -2.32. The topological polar surface area (TPSA) is 49.3 Å². The standard InChI is InChI=1S/C18H18F3NO2/c1-10-3-4-11(2)12(5-10)8-17(24)22-16(9-23)13-6-14(19)18(21)15(20)7-13/h3-7,16,23H,8-9H2,1-2H3,(H,22,24). The van der Waals surface area contributed by atoms with Gasteiger partial charge in [-0.15, -0.1) is 0 Å². The Morgan fingerprint density at radius 3 is 2.33 bits per heavy atom. The van der Waals surface area contributed by atoms with Gasteiger partial charge in [0.05, 0.1) is 19.1 Å². The molecule has 6 heteroatoms. The average molecular weight is 337 g/mol. The summed E-state index contributed by atoms with van der Waals surface area (Å²) in [4.78, 5) is 12.2. The van der Waals surface area contributed by atoms with Crippen molar-refractivity contribution in [3.63, 3.8) is 0 Å². The summed E-state index contributed by atoms with van der Waals surface area (Å²) in [6.07, 6.45) is 0.0656. The summed E-state index contributed by atoms with van der Waals surface area (Å²) in [7, 11) is 0. The Labute approximate surface area is 138 Å². The highest BCUT2D eigenvalue weighted by molar-refractivity contribution is 5.79. The van der Waals surface area contributed by atoms with E-state index >= 15 is 0 Å². The molecule has 2 N–H and O–H groups in total. The molecule has 0 aliphatic carbocycles. The van der Waals surface area contributed by atoms with Crippen molar-refractivity contribution < 1.29 is 23.1 Å². The number of nitrogens with one attached hydrogen (secondary N) is 1. The van der Waals surface area contributed by atoms with Gasteiger partial charge in [-0.25, -0.2) is 13.2 Å². The molecule has 2 aromatic rings. The molecule has 1 amide bonds. The number of hydrogen-bond donors (Lipinski definition) is 2. The highest BCUT2D eigenvalue weighted by atomic mass is 19.2. The summed E-state index contributed by atoms with van der Waals surface area (Å²) in [5, 5.41) is 11.9. The fraction of sp³-hybridized carbons (Fsp3) is 0.278. The van der Waals surface area contributed by atoms with E-state index in [0.717, 1.165) is 28.8 Å². The van der Waals surface area contributed by atoms with E-state index in [9.17, 15) is 23.1 Å². The number of benzene rings is 2. The summed E-state index contributed by atoms with van der Waals surface area (Å²) < 4.78 is 39.6. The minimum absolute atomic E-state index is 0.0387. The van der Waals surface area contributed by atoms with Gasteiger partial charge in [-0.2, -0.15) is 0 Å². The lowest BCUT2D eigenvalue weighted by molar-refractivity contribution is -0.121. The lowest BCUT2D eigenvalue weighted by Gasteiger charge is -2.18. The van der Waals surface area contributed by atoms with E-state index in [4.69, 9.17) is 0 Å². The molecule has 24 heavy (non-hydrogen) atoms. The molecular formula is C18H18F3NO2. The molecule has 0 heterocycles. The molecule has 0 fully saturated rings. The summed E-state index contributed by atoms with van der Waals surface area (Å²) in [6, 6.07) is 6.20. The number of halogens is 3. The Balaban J connectivity index is 2.15. The van der Waals surface area contributed by atoms with Crippen molar-refractivity contribution in [1.29, 1.82) is 0 Å². The van der Waals surface area contributed by atoms with Gasteiger partial charge in [0.15, 0.2) is 17.5 Å². The highest BCUT2D eigenvalue weighted by Crippen LogP contribution is 2.20. The van der Waals surface area contributed by atoms with E-state index in [2.05, 4.69) is 5.32 Å². The molecule has 0 aliphatic rings. The zero-order chi connectivity index (χ0) is 17.9. The van der Waals surface area contributed by atoms with Gasteiger partial charge < -0.3 is 10.4 Å². The summed E-state index contributed by atoms with van der Waals surface area (Å²) >= 11 is 0. The minimum Gasteiger partial charge on any atom is -0.394 e. The Bertz CT molecular complexity index is 739. The molecular weight excluding hydrogens is 319 g/mol. The zero-order valence-corrected chi connectivity index (χ0v) is 13.4. The molecule has 0 saturated carbocycles. The second-order valence-electron chi connectivity index (χ2n) is 5.71. The fourth-order valence-corrected chi connectivity index (χ4v) is 2.42. The molecule has 3 nitrogen and oxygen atoms in total. The van der Waals surface area contributed by atoms with E-state index in [1.54, 1.807) is 0 Å². The second-order valence-corrected chi connectivity index (χ2v) is 5.71. The molecule has 0 radical (unpaired) electrons. The summed E-state index contributed by atoms with van der Waals surface area (Å²) in [5.74, 6) is -4.73. The van der Waals surface area contributed by atoms with Crippen LogP contribution in [0.15, 0.2) is 30.3 Å². The zero-order valence-electron chi connectivity index (χ0n) is 13.4. The Kier molecular flexibility index (Phi) is 5.62. The van der Waals surface area contributed by atoms with Gasteiger partial charge in [0.1, 0.15) is 0 Å². The molecule has 0 aliphatic heterocycles. The number of carbonyl (C=O) groups excluding carboxylic acids is 1. The third-order valence-corrected chi connectivity index (χ3v) is 3.78. The molecule has 128 valence electrons. The van der Waals surface area contributed by atoms with Crippen LogP contribution in [-0.4, -0.2) is 17.6 Å². The van der Waals surface area contributed by atoms with Crippen molar-refractivity contribution in [2.24, 2.45) is 0 Å². The maximum atomic E-state index is 13.3. The van der Waals surface area contributed by atoms with Crippen LogP contribution in [0.2, 0.25) is 0 Å². The quantitative estimate of drug-likeness (QED) is 0.824. The van der Waals surface area contributed by atoms with Crippen LogP contribution in [-0.2, 0) is 11.2 Å². The number of aliphatic hydroxyl groups is 1. The molecule has 0 saturated heterocycles. The number of carbonyl (C=O) groups is 1. The third-order valence-electron chi connectivity index (χ3n) is 3.78. The molecule has 0 spiro atoms. The van der Waals surface area contributed by atoms with Gasteiger partial charge in [0.25, 0.3) is 0 Å². The van der Waals surface area contributed by atoms with Crippen molar-refractivity contribution in [1.82, 2.24) is 5.32 Å². The van der Waals surface area contributed by atoms with E-state index in [0.29, 0.717) is 0 Å². The summed E-state index contributed by atoms with van der Waals surface area (Å²) in [5.41, 5.74) is 2.73. The number of aliphatic hydroxyl groups excluding tert-OH is 1. The van der Waals surface area contributed by atoms with Crippen LogP contribution in [0.5, 0.6) is 0 Å². The number of aryl methyl sites for hydroxylation is 2. The van der Waals surface area contributed by atoms with Gasteiger partial charge in [0.2, 0.25) is 5.91 Å². The van der Waals surface area contributed by atoms with E-state index in [1.807, 2.05) is 32.0 Å². The number of rotatable bonds is 5. The molecule has 2 aromatic carbocycles. The maximum absolute atomic E-state index is 13.3. The van der Waals surface area contributed by atoms with Gasteiger partial charge in [-0.3, -0.25) is 4.79 Å². The molecule has 1 atom stereocenters. The van der Waals surface area contributed by atoms with Gasteiger partial charge in [0, 0.05) is 0 Å². The van der Waals surface area contributed by atoms with Crippen LogP contribution in [0, 0.1) is 31.3 Å². The van der Waals surface area contributed by atoms with Crippen LogP contribution in [0.1, 0.15) is 28.3 Å². The SMILES string of the molecule is Cc1ccc(C)c(CC(=O)NC(CO)c2cc(F)c(F)c(F)c2)c1. The van der Waals surface area contributed by atoms with Crippen LogP contribution in [0.3, 0.4) is 0 Å². The average Bonchev–Trinajstić information content (AvgIpc) is 2.53. The van der Waals surface area contributed by atoms with Gasteiger partial charge in [-0.1, -0.05) is 23.8 Å². The first-order valence-corrected chi connectivity index (χ1v) is 7.42. The molecule has 1 unspecified atom stereocenters. The predicted octanol–water partition coefficient (Wildman–Crippen LogP) is 3.11. The number of amides is 1. The molecule has 0 bridgehead atoms.